The van der Waals surface area contributed by atoms with Gasteiger partial charge in [0.1, 0.15) is 5.75 Å². The molecule has 28 heavy (non-hydrogen) atoms. The molecule has 5 nitrogen and oxygen atoms in total. The minimum Gasteiger partial charge on any atom is -0.494 e. The molecule has 1 heterocycles. The summed E-state index contributed by atoms with van der Waals surface area (Å²) in [6, 6.07) is 16.7. The van der Waals surface area contributed by atoms with Crippen molar-refractivity contribution in [3.05, 3.63) is 77.0 Å². The monoisotopic (exact) mass is 377 g/mol. The lowest BCUT2D eigenvalue weighted by atomic mass is 10.0. The molecule has 1 aliphatic rings. The maximum absolute atomic E-state index is 13.2. The lowest BCUT2D eigenvalue weighted by molar-refractivity contribution is -0.138. The molecule has 0 fully saturated rings. The predicted molar refractivity (Wildman–Crippen MR) is 109 cm³/mol. The summed E-state index contributed by atoms with van der Waals surface area (Å²) in [6.07, 6.45) is 1.72. The van der Waals surface area contributed by atoms with Crippen molar-refractivity contribution in [3.63, 3.8) is 0 Å². The zero-order valence-corrected chi connectivity index (χ0v) is 16.3. The van der Waals surface area contributed by atoms with E-state index in [2.05, 4.69) is 0 Å². The number of esters is 1. The first-order valence-corrected chi connectivity index (χ1v) is 9.29. The van der Waals surface area contributed by atoms with Crippen molar-refractivity contribution < 1.29 is 19.1 Å². The molecule has 2 aromatic carbocycles. The largest absolute Gasteiger partial charge is 0.494 e. The van der Waals surface area contributed by atoms with Gasteiger partial charge in [0.05, 0.1) is 24.4 Å². The highest BCUT2D eigenvalue weighted by Crippen LogP contribution is 2.35. The van der Waals surface area contributed by atoms with Gasteiger partial charge in [-0.05, 0) is 56.7 Å². The average Bonchev–Trinajstić information content (AvgIpc) is 2.94. The highest BCUT2D eigenvalue weighted by molar-refractivity contribution is 6.23. The van der Waals surface area contributed by atoms with Gasteiger partial charge in [0.2, 0.25) is 0 Å². The van der Waals surface area contributed by atoms with E-state index in [1.807, 2.05) is 61.5 Å². The maximum atomic E-state index is 13.2. The number of nitrogens with zero attached hydrogens (tertiary/aromatic N) is 1. The molecule has 5 heteroatoms. The SMILES string of the molecule is CCOC(=O)C1=C(C)N(c2ccccc2)C(=O)/C1=C\c1ccc(OCC)cc1. The van der Waals surface area contributed by atoms with Crippen molar-refractivity contribution in [1.29, 1.82) is 0 Å². The number of carbonyl (C=O) groups excluding carboxylic acids is 2. The second-order valence-electron chi connectivity index (χ2n) is 6.22. The second-order valence-corrected chi connectivity index (χ2v) is 6.22. The van der Waals surface area contributed by atoms with Gasteiger partial charge < -0.3 is 9.47 Å². The van der Waals surface area contributed by atoms with E-state index >= 15 is 0 Å². The number of amides is 1. The first-order chi connectivity index (χ1) is 13.6. The summed E-state index contributed by atoms with van der Waals surface area (Å²) in [6.45, 7) is 6.25. The van der Waals surface area contributed by atoms with Gasteiger partial charge in [0.25, 0.3) is 5.91 Å². The lowest BCUT2D eigenvalue weighted by Gasteiger charge is -2.17. The van der Waals surface area contributed by atoms with Crippen molar-refractivity contribution >= 4 is 23.6 Å². The van der Waals surface area contributed by atoms with Gasteiger partial charge >= 0.3 is 5.97 Å². The van der Waals surface area contributed by atoms with E-state index in [0.717, 1.165) is 11.3 Å². The molecule has 2 aromatic rings. The van der Waals surface area contributed by atoms with Gasteiger partial charge in [-0.3, -0.25) is 9.69 Å². The van der Waals surface area contributed by atoms with Crippen molar-refractivity contribution in [1.82, 2.24) is 0 Å². The maximum Gasteiger partial charge on any atom is 0.340 e. The molecule has 0 aliphatic carbocycles. The molecule has 1 aliphatic heterocycles. The zero-order valence-electron chi connectivity index (χ0n) is 16.3. The van der Waals surface area contributed by atoms with Crippen molar-refractivity contribution in [2.75, 3.05) is 18.1 Å². The minimum atomic E-state index is -0.496. The zero-order chi connectivity index (χ0) is 20.1. The Morgan fingerprint density at radius 1 is 1.00 bits per heavy atom. The number of carbonyl (C=O) groups is 2. The number of allylic oxidation sites excluding steroid dienone is 1. The van der Waals surface area contributed by atoms with Crippen LogP contribution >= 0.6 is 0 Å². The van der Waals surface area contributed by atoms with E-state index < -0.39 is 5.97 Å². The van der Waals surface area contributed by atoms with Gasteiger partial charge in [-0.15, -0.1) is 0 Å². The number of hydrogen-bond acceptors (Lipinski definition) is 4. The fraction of sp³-hybridized carbons (Fsp3) is 0.217. The molecular weight excluding hydrogens is 354 g/mol. The Balaban J connectivity index is 2.05. The molecule has 0 bridgehead atoms. The van der Waals surface area contributed by atoms with Gasteiger partial charge in [-0.25, -0.2) is 4.79 Å². The first kappa shape index (κ1) is 19.4. The van der Waals surface area contributed by atoms with Crippen molar-refractivity contribution in [2.24, 2.45) is 0 Å². The fourth-order valence-electron chi connectivity index (χ4n) is 3.16. The molecule has 3 rings (SSSR count). The van der Waals surface area contributed by atoms with E-state index in [9.17, 15) is 9.59 Å². The summed E-state index contributed by atoms with van der Waals surface area (Å²) in [4.78, 5) is 27.3. The molecule has 0 spiro atoms. The number of rotatable bonds is 6. The number of benzene rings is 2. The summed E-state index contributed by atoms with van der Waals surface area (Å²) in [7, 11) is 0. The molecule has 0 saturated carbocycles. The van der Waals surface area contributed by atoms with Crippen molar-refractivity contribution in [2.45, 2.75) is 20.8 Å². The van der Waals surface area contributed by atoms with E-state index in [1.54, 1.807) is 24.8 Å². The number of ether oxygens (including phenoxy) is 2. The fourth-order valence-corrected chi connectivity index (χ4v) is 3.16. The Morgan fingerprint density at radius 3 is 2.29 bits per heavy atom. The van der Waals surface area contributed by atoms with Crippen LogP contribution in [0, 0.1) is 0 Å². The van der Waals surface area contributed by atoms with Gasteiger partial charge in [-0.2, -0.15) is 0 Å². The number of anilines is 1. The third-order valence-corrected chi connectivity index (χ3v) is 4.40. The summed E-state index contributed by atoms with van der Waals surface area (Å²) in [5.74, 6) is 0.00950. The summed E-state index contributed by atoms with van der Waals surface area (Å²) in [5, 5.41) is 0. The Labute approximate surface area is 164 Å². The highest BCUT2D eigenvalue weighted by atomic mass is 16.5. The minimum absolute atomic E-state index is 0.242. The summed E-state index contributed by atoms with van der Waals surface area (Å²) >= 11 is 0. The Morgan fingerprint density at radius 2 is 1.68 bits per heavy atom. The van der Waals surface area contributed by atoms with Gasteiger partial charge in [0.15, 0.2) is 0 Å². The van der Waals surface area contributed by atoms with Gasteiger partial charge in [0, 0.05) is 11.4 Å². The van der Waals surface area contributed by atoms with Crippen LogP contribution in [0.5, 0.6) is 5.75 Å². The Hall–Kier alpha value is -3.34. The summed E-state index contributed by atoms with van der Waals surface area (Å²) in [5.41, 5.74) is 2.69. The van der Waals surface area contributed by atoms with Crippen LogP contribution in [0.25, 0.3) is 6.08 Å². The van der Waals surface area contributed by atoms with E-state index in [1.165, 1.54) is 0 Å². The van der Waals surface area contributed by atoms with Crippen LogP contribution in [0.15, 0.2) is 71.4 Å². The smallest absolute Gasteiger partial charge is 0.340 e. The van der Waals surface area contributed by atoms with E-state index in [-0.39, 0.29) is 12.5 Å². The quantitative estimate of drug-likeness (QED) is 0.555. The third-order valence-electron chi connectivity index (χ3n) is 4.40. The molecule has 0 unspecified atom stereocenters. The normalized spacial score (nSPS) is 15.3. The first-order valence-electron chi connectivity index (χ1n) is 9.29. The van der Waals surface area contributed by atoms with E-state index in [4.69, 9.17) is 9.47 Å². The van der Waals surface area contributed by atoms with Crippen LogP contribution < -0.4 is 9.64 Å². The molecule has 144 valence electrons. The predicted octanol–water partition coefficient (Wildman–Crippen LogP) is 4.35. The van der Waals surface area contributed by atoms with Crippen LogP contribution in [0.4, 0.5) is 5.69 Å². The highest BCUT2D eigenvalue weighted by Gasteiger charge is 2.37. The Kier molecular flexibility index (Phi) is 5.94. The van der Waals surface area contributed by atoms with E-state index in [0.29, 0.717) is 29.1 Å². The van der Waals surface area contributed by atoms with Crippen LogP contribution in [-0.2, 0) is 14.3 Å². The number of hydrogen-bond donors (Lipinski definition) is 0. The molecular formula is C23H23NO4. The molecule has 0 radical (unpaired) electrons. The van der Waals surface area contributed by atoms with Crippen LogP contribution in [0.3, 0.4) is 0 Å². The van der Waals surface area contributed by atoms with Crippen LogP contribution in [0.1, 0.15) is 26.3 Å². The topological polar surface area (TPSA) is 55.8 Å². The molecule has 0 aromatic heterocycles. The van der Waals surface area contributed by atoms with Crippen molar-refractivity contribution in [3.8, 4) is 5.75 Å². The lowest BCUT2D eigenvalue weighted by Crippen LogP contribution is -2.24. The number of para-hydroxylation sites is 1. The third kappa shape index (κ3) is 3.83. The average molecular weight is 377 g/mol. The summed E-state index contributed by atoms with van der Waals surface area (Å²) < 4.78 is 10.7. The molecule has 1 amide bonds. The molecule has 0 atom stereocenters. The van der Waals surface area contributed by atoms with Crippen LogP contribution in [-0.4, -0.2) is 25.1 Å². The molecule has 0 N–H and O–H groups in total. The second kappa shape index (κ2) is 8.57. The standard InChI is InChI=1S/C23H23NO4/c1-4-27-19-13-11-17(12-14-19)15-20-21(23(26)28-5-2)16(3)24(22(20)25)18-9-7-6-8-10-18/h6-15H,4-5H2,1-3H3/b20-15-. The van der Waals surface area contributed by atoms with Gasteiger partial charge in [-0.1, -0.05) is 30.3 Å². The molecule has 0 saturated heterocycles. The Bertz CT molecular complexity index is 927. The van der Waals surface area contributed by atoms with Crippen LogP contribution in [0.2, 0.25) is 0 Å².